The fourth-order valence-electron chi connectivity index (χ4n) is 3.08. The summed E-state index contributed by atoms with van der Waals surface area (Å²) in [5, 5.41) is 9.49. The molecule has 7 nitrogen and oxygen atoms in total. The van der Waals surface area contributed by atoms with E-state index in [0.29, 0.717) is 30.6 Å². The Bertz CT molecular complexity index is 806. The molecular weight excluding hydrogens is 344 g/mol. The topological polar surface area (TPSA) is 87.5 Å². The zero-order valence-corrected chi connectivity index (χ0v) is 16.0. The van der Waals surface area contributed by atoms with Gasteiger partial charge >= 0.3 is 0 Å². The van der Waals surface area contributed by atoms with Crippen LogP contribution in [0.2, 0.25) is 0 Å². The molecule has 2 aromatic rings. The number of aryl methyl sites for hydroxylation is 3. The molecule has 1 aliphatic rings. The number of hydrogen-bond acceptors (Lipinski definition) is 5. The summed E-state index contributed by atoms with van der Waals surface area (Å²) in [5.41, 5.74) is 2.96. The predicted octanol–water partition coefficient (Wildman–Crippen LogP) is 3.03. The van der Waals surface area contributed by atoms with E-state index in [9.17, 15) is 9.59 Å². The van der Waals surface area contributed by atoms with Gasteiger partial charge in [0.15, 0.2) is 5.82 Å². The zero-order chi connectivity index (χ0) is 19.4. The molecular formula is C20H26N4O3. The number of hydrogen-bond donors (Lipinski definition) is 2. The van der Waals surface area contributed by atoms with Crippen molar-refractivity contribution < 1.29 is 14.1 Å². The molecule has 1 saturated carbocycles. The lowest BCUT2D eigenvalue weighted by molar-refractivity contribution is -0.119. The fourth-order valence-corrected chi connectivity index (χ4v) is 3.08. The van der Waals surface area contributed by atoms with Crippen molar-refractivity contribution in [1.82, 2.24) is 10.1 Å². The number of nitrogens with one attached hydrogen (secondary N) is 2. The number of nitrogens with zero attached hydrogens (tertiary/aromatic N) is 2. The molecule has 0 spiro atoms. The van der Waals surface area contributed by atoms with Gasteiger partial charge in [0.1, 0.15) is 5.76 Å². The van der Waals surface area contributed by atoms with E-state index in [-0.39, 0.29) is 18.4 Å². The van der Waals surface area contributed by atoms with Gasteiger partial charge in [-0.05, 0) is 44.7 Å². The SMILES string of the molecule is Cc1cc(NC(=O)CCN(CC(=O)Nc2c(C)cccc2C)C2CC2)no1. The van der Waals surface area contributed by atoms with E-state index in [4.69, 9.17) is 4.52 Å². The third-order valence-electron chi connectivity index (χ3n) is 4.68. The molecule has 0 aliphatic heterocycles. The highest BCUT2D eigenvalue weighted by Gasteiger charge is 2.30. The van der Waals surface area contributed by atoms with Crippen molar-refractivity contribution in [1.29, 1.82) is 0 Å². The normalized spacial score (nSPS) is 13.6. The number of amides is 2. The monoisotopic (exact) mass is 370 g/mol. The van der Waals surface area contributed by atoms with E-state index >= 15 is 0 Å². The van der Waals surface area contributed by atoms with Crippen molar-refractivity contribution in [3.05, 3.63) is 41.2 Å². The van der Waals surface area contributed by atoms with Gasteiger partial charge in [0.2, 0.25) is 11.8 Å². The van der Waals surface area contributed by atoms with Gasteiger partial charge in [0.05, 0.1) is 6.54 Å². The molecule has 0 saturated heterocycles. The molecule has 7 heteroatoms. The number of aromatic nitrogens is 1. The average Bonchev–Trinajstić information content (AvgIpc) is 3.38. The van der Waals surface area contributed by atoms with Crippen molar-refractivity contribution in [2.24, 2.45) is 0 Å². The van der Waals surface area contributed by atoms with Gasteiger partial charge in [0.25, 0.3) is 0 Å². The molecule has 144 valence electrons. The van der Waals surface area contributed by atoms with Gasteiger partial charge in [-0.15, -0.1) is 0 Å². The average molecular weight is 370 g/mol. The predicted molar refractivity (Wildman–Crippen MR) is 104 cm³/mol. The van der Waals surface area contributed by atoms with Crippen LogP contribution in [-0.2, 0) is 9.59 Å². The third kappa shape index (κ3) is 5.40. The molecule has 0 atom stereocenters. The number of para-hydroxylation sites is 1. The maximum Gasteiger partial charge on any atom is 0.238 e. The molecule has 0 radical (unpaired) electrons. The quantitative estimate of drug-likeness (QED) is 0.746. The summed E-state index contributed by atoms with van der Waals surface area (Å²) in [6.45, 7) is 6.56. The molecule has 1 heterocycles. The largest absolute Gasteiger partial charge is 0.360 e. The van der Waals surface area contributed by atoms with E-state index in [1.54, 1.807) is 13.0 Å². The highest BCUT2D eigenvalue weighted by Crippen LogP contribution is 2.27. The second kappa shape index (κ2) is 8.35. The van der Waals surface area contributed by atoms with E-state index < -0.39 is 0 Å². The van der Waals surface area contributed by atoms with Crippen molar-refractivity contribution in [3.8, 4) is 0 Å². The standard InChI is InChI=1S/C20H26N4O3/c1-13-5-4-6-14(2)20(13)22-19(26)12-24(16-7-8-16)10-9-18(25)21-17-11-15(3)27-23-17/h4-6,11,16H,7-10,12H2,1-3H3,(H,22,26)(H,21,23,25). The van der Waals surface area contributed by atoms with Gasteiger partial charge in [0, 0.05) is 30.8 Å². The molecule has 27 heavy (non-hydrogen) atoms. The molecule has 0 unspecified atom stereocenters. The molecule has 1 fully saturated rings. The Morgan fingerprint density at radius 3 is 2.44 bits per heavy atom. The fraction of sp³-hybridized carbons (Fsp3) is 0.450. The molecule has 1 aromatic carbocycles. The minimum Gasteiger partial charge on any atom is -0.360 e. The lowest BCUT2D eigenvalue weighted by Gasteiger charge is -2.21. The van der Waals surface area contributed by atoms with Crippen LogP contribution in [-0.4, -0.2) is 41.0 Å². The zero-order valence-electron chi connectivity index (χ0n) is 16.0. The van der Waals surface area contributed by atoms with Gasteiger partial charge < -0.3 is 15.2 Å². The summed E-state index contributed by atoms with van der Waals surface area (Å²) in [5.74, 6) is 0.882. The van der Waals surface area contributed by atoms with E-state index in [1.807, 2.05) is 32.0 Å². The molecule has 1 aromatic heterocycles. The Morgan fingerprint density at radius 2 is 1.85 bits per heavy atom. The third-order valence-corrected chi connectivity index (χ3v) is 4.68. The summed E-state index contributed by atoms with van der Waals surface area (Å²) >= 11 is 0. The molecule has 1 aliphatic carbocycles. The van der Waals surface area contributed by atoms with Crippen molar-refractivity contribution in [2.75, 3.05) is 23.7 Å². The van der Waals surface area contributed by atoms with Gasteiger partial charge in [-0.3, -0.25) is 14.5 Å². The summed E-state index contributed by atoms with van der Waals surface area (Å²) in [6, 6.07) is 8.00. The number of carbonyl (C=O) groups is 2. The van der Waals surface area contributed by atoms with Crippen LogP contribution in [0, 0.1) is 20.8 Å². The maximum atomic E-state index is 12.5. The first-order valence-corrected chi connectivity index (χ1v) is 9.25. The number of benzene rings is 1. The Labute approximate surface area is 159 Å². The smallest absolute Gasteiger partial charge is 0.238 e. The second-order valence-electron chi connectivity index (χ2n) is 7.14. The maximum absolute atomic E-state index is 12.5. The van der Waals surface area contributed by atoms with Gasteiger partial charge in [-0.25, -0.2) is 0 Å². The first-order valence-electron chi connectivity index (χ1n) is 9.25. The lowest BCUT2D eigenvalue weighted by Crippen LogP contribution is -2.37. The Kier molecular flexibility index (Phi) is 5.91. The molecule has 2 amide bonds. The van der Waals surface area contributed by atoms with Crippen molar-refractivity contribution in [2.45, 2.75) is 46.1 Å². The summed E-state index contributed by atoms with van der Waals surface area (Å²) in [4.78, 5) is 26.7. The summed E-state index contributed by atoms with van der Waals surface area (Å²) < 4.78 is 4.94. The van der Waals surface area contributed by atoms with Gasteiger partial charge in [-0.1, -0.05) is 23.4 Å². The van der Waals surface area contributed by atoms with Crippen LogP contribution in [0.3, 0.4) is 0 Å². The van der Waals surface area contributed by atoms with Crippen LogP contribution >= 0.6 is 0 Å². The van der Waals surface area contributed by atoms with Gasteiger partial charge in [-0.2, -0.15) is 0 Å². The Balaban J connectivity index is 1.51. The summed E-state index contributed by atoms with van der Waals surface area (Å²) in [7, 11) is 0. The highest BCUT2D eigenvalue weighted by atomic mass is 16.5. The van der Waals surface area contributed by atoms with Crippen molar-refractivity contribution >= 4 is 23.3 Å². The minimum atomic E-state index is -0.135. The van der Waals surface area contributed by atoms with Crippen LogP contribution in [0.5, 0.6) is 0 Å². The molecule has 2 N–H and O–H groups in total. The van der Waals surface area contributed by atoms with Crippen LogP contribution < -0.4 is 10.6 Å². The minimum absolute atomic E-state index is 0.0492. The Morgan fingerprint density at radius 1 is 1.15 bits per heavy atom. The van der Waals surface area contributed by atoms with E-state index in [0.717, 1.165) is 29.7 Å². The number of anilines is 2. The van der Waals surface area contributed by atoms with Crippen LogP contribution in [0.15, 0.2) is 28.8 Å². The summed E-state index contributed by atoms with van der Waals surface area (Å²) in [6.07, 6.45) is 2.45. The highest BCUT2D eigenvalue weighted by molar-refractivity contribution is 5.94. The van der Waals surface area contributed by atoms with E-state index in [1.165, 1.54) is 0 Å². The first kappa shape index (κ1) is 19.1. The molecule has 3 rings (SSSR count). The number of carbonyl (C=O) groups excluding carboxylic acids is 2. The van der Waals surface area contributed by atoms with E-state index in [2.05, 4.69) is 20.7 Å². The second-order valence-corrected chi connectivity index (χ2v) is 7.14. The first-order chi connectivity index (χ1) is 12.9. The lowest BCUT2D eigenvalue weighted by atomic mass is 10.1. The van der Waals surface area contributed by atoms with Crippen LogP contribution in [0.1, 0.15) is 36.1 Å². The van der Waals surface area contributed by atoms with Crippen LogP contribution in [0.25, 0.3) is 0 Å². The molecule has 0 bridgehead atoms. The van der Waals surface area contributed by atoms with Crippen molar-refractivity contribution in [3.63, 3.8) is 0 Å². The Hall–Kier alpha value is -2.67. The van der Waals surface area contributed by atoms with Crippen LogP contribution in [0.4, 0.5) is 11.5 Å². The number of rotatable bonds is 8.